The fourth-order valence-corrected chi connectivity index (χ4v) is 4.27. The van der Waals surface area contributed by atoms with Gasteiger partial charge in [-0.2, -0.15) is 0 Å². The van der Waals surface area contributed by atoms with Crippen LogP contribution in [0.2, 0.25) is 0 Å². The molecule has 0 aliphatic carbocycles. The normalized spacial score (nSPS) is 26.0. The van der Waals surface area contributed by atoms with E-state index in [-0.39, 0.29) is 17.9 Å². The molecule has 2 amide bonds. The van der Waals surface area contributed by atoms with Crippen LogP contribution in [-0.4, -0.2) is 74.0 Å². The summed E-state index contributed by atoms with van der Waals surface area (Å²) in [5.41, 5.74) is 1.89. The summed E-state index contributed by atoms with van der Waals surface area (Å²) in [6.45, 7) is 5.77. The highest BCUT2D eigenvalue weighted by Gasteiger charge is 2.43. The number of imide groups is 1. The summed E-state index contributed by atoms with van der Waals surface area (Å²) in [5.74, 6) is -0.144. The third-order valence-corrected chi connectivity index (χ3v) is 5.93. The molecule has 3 aliphatic heterocycles. The first kappa shape index (κ1) is 17.5. The Morgan fingerprint density at radius 2 is 1.42 bits per heavy atom. The molecular formula is C20H28N4O2. The van der Waals surface area contributed by atoms with Gasteiger partial charge in [-0.3, -0.25) is 14.5 Å². The number of amides is 2. The van der Waals surface area contributed by atoms with Gasteiger partial charge >= 0.3 is 0 Å². The monoisotopic (exact) mass is 356 g/mol. The summed E-state index contributed by atoms with van der Waals surface area (Å²) in [6, 6.07) is 7.64. The van der Waals surface area contributed by atoms with Gasteiger partial charge in [0.2, 0.25) is 5.91 Å². The third-order valence-electron chi connectivity index (χ3n) is 5.93. The van der Waals surface area contributed by atoms with E-state index >= 15 is 0 Å². The van der Waals surface area contributed by atoms with Crippen molar-refractivity contribution in [2.75, 3.05) is 56.1 Å². The van der Waals surface area contributed by atoms with Crippen LogP contribution in [0, 0.1) is 0 Å². The number of benzene rings is 1. The van der Waals surface area contributed by atoms with Crippen molar-refractivity contribution in [3.8, 4) is 0 Å². The second-order valence-electron chi connectivity index (χ2n) is 7.69. The molecular weight excluding hydrogens is 328 g/mol. The number of rotatable bonds is 3. The molecule has 3 heterocycles. The van der Waals surface area contributed by atoms with Crippen LogP contribution in [0.25, 0.3) is 0 Å². The third kappa shape index (κ3) is 3.35. The topological polar surface area (TPSA) is 47.1 Å². The van der Waals surface area contributed by atoms with E-state index in [4.69, 9.17) is 0 Å². The molecule has 3 aliphatic rings. The number of carbonyl (C=O) groups excluding carboxylic acids is 2. The summed E-state index contributed by atoms with van der Waals surface area (Å²) in [4.78, 5) is 33.7. The van der Waals surface area contributed by atoms with Gasteiger partial charge in [-0.15, -0.1) is 0 Å². The van der Waals surface area contributed by atoms with Gasteiger partial charge in [-0.05, 0) is 50.6 Å². The van der Waals surface area contributed by atoms with Crippen molar-refractivity contribution in [1.82, 2.24) is 9.80 Å². The highest BCUT2D eigenvalue weighted by Crippen LogP contribution is 2.29. The van der Waals surface area contributed by atoms with E-state index in [9.17, 15) is 9.59 Å². The predicted octanol–water partition coefficient (Wildman–Crippen LogP) is 1.56. The largest absolute Gasteiger partial charge is 0.372 e. The van der Waals surface area contributed by atoms with Crippen molar-refractivity contribution in [2.24, 2.45) is 0 Å². The van der Waals surface area contributed by atoms with Crippen molar-refractivity contribution >= 4 is 23.2 Å². The second-order valence-corrected chi connectivity index (χ2v) is 7.69. The van der Waals surface area contributed by atoms with Gasteiger partial charge in [-0.1, -0.05) is 0 Å². The summed E-state index contributed by atoms with van der Waals surface area (Å²) < 4.78 is 0. The molecule has 0 radical (unpaired) electrons. The van der Waals surface area contributed by atoms with Crippen LogP contribution in [0.15, 0.2) is 24.3 Å². The first-order chi connectivity index (χ1) is 12.6. The number of carbonyl (C=O) groups is 2. The van der Waals surface area contributed by atoms with E-state index in [0.717, 1.165) is 39.3 Å². The number of hydrogen-bond acceptors (Lipinski definition) is 5. The molecule has 1 unspecified atom stereocenters. The molecule has 0 N–H and O–H groups in total. The van der Waals surface area contributed by atoms with Gasteiger partial charge in [0.05, 0.1) is 18.2 Å². The molecule has 0 spiro atoms. The summed E-state index contributed by atoms with van der Waals surface area (Å²) in [6.07, 6.45) is 4.07. The van der Waals surface area contributed by atoms with Gasteiger partial charge in [0.1, 0.15) is 0 Å². The molecule has 6 heteroatoms. The van der Waals surface area contributed by atoms with Crippen molar-refractivity contribution in [3.63, 3.8) is 0 Å². The SMILES string of the molecule is CN1CCN(C2CC(=O)N(c3ccc(N4CCCCC4)cc3)C2=O)CC1. The summed E-state index contributed by atoms with van der Waals surface area (Å²) in [7, 11) is 2.09. The van der Waals surface area contributed by atoms with E-state index in [1.807, 2.05) is 24.3 Å². The van der Waals surface area contributed by atoms with E-state index in [0.29, 0.717) is 12.1 Å². The number of piperidine rings is 1. The maximum Gasteiger partial charge on any atom is 0.251 e. The van der Waals surface area contributed by atoms with Gasteiger partial charge in [0, 0.05) is 45.0 Å². The molecule has 0 saturated carbocycles. The number of anilines is 2. The number of nitrogens with zero attached hydrogens (tertiary/aromatic N) is 4. The Bertz CT molecular complexity index is 661. The fraction of sp³-hybridized carbons (Fsp3) is 0.600. The molecule has 3 saturated heterocycles. The smallest absolute Gasteiger partial charge is 0.251 e. The maximum atomic E-state index is 12.9. The van der Waals surface area contributed by atoms with Crippen molar-refractivity contribution in [1.29, 1.82) is 0 Å². The van der Waals surface area contributed by atoms with Crippen LogP contribution in [-0.2, 0) is 9.59 Å². The van der Waals surface area contributed by atoms with Crippen molar-refractivity contribution in [2.45, 2.75) is 31.7 Å². The lowest BCUT2D eigenvalue weighted by molar-refractivity contribution is -0.123. The number of likely N-dealkylation sites (N-methyl/N-ethyl adjacent to an activating group) is 1. The fourth-order valence-electron chi connectivity index (χ4n) is 4.27. The standard InChI is InChI=1S/C20H28N4O2/c1-21-11-13-23(14-12-21)18-15-19(25)24(20(18)26)17-7-5-16(6-8-17)22-9-3-2-4-10-22/h5-8,18H,2-4,9-15H2,1H3. The lowest BCUT2D eigenvalue weighted by Gasteiger charge is -2.35. The Kier molecular flexibility index (Phi) is 4.96. The molecule has 3 fully saturated rings. The molecule has 0 bridgehead atoms. The van der Waals surface area contributed by atoms with Crippen molar-refractivity contribution in [3.05, 3.63) is 24.3 Å². The predicted molar refractivity (Wildman–Crippen MR) is 102 cm³/mol. The van der Waals surface area contributed by atoms with E-state index in [1.165, 1.54) is 29.8 Å². The average Bonchev–Trinajstić information content (AvgIpc) is 2.97. The maximum absolute atomic E-state index is 12.9. The summed E-state index contributed by atoms with van der Waals surface area (Å²) in [5, 5.41) is 0. The summed E-state index contributed by atoms with van der Waals surface area (Å²) >= 11 is 0. The second kappa shape index (κ2) is 7.37. The highest BCUT2D eigenvalue weighted by molar-refractivity contribution is 6.22. The van der Waals surface area contributed by atoms with Gasteiger partial charge < -0.3 is 9.80 Å². The highest BCUT2D eigenvalue weighted by atomic mass is 16.2. The molecule has 4 rings (SSSR count). The average molecular weight is 356 g/mol. The number of piperazine rings is 1. The molecule has 1 aromatic carbocycles. The van der Waals surface area contributed by atoms with E-state index in [1.54, 1.807) is 0 Å². The van der Waals surface area contributed by atoms with E-state index < -0.39 is 0 Å². The lowest BCUT2D eigenvalue weighted by atomic mass is 10.1. The Labute approximate surface area is 155 Å². The van der Waals surface area contributed by atoms with Crippen LogP contribution < -0.4 is 9.80 Å². The Morgan fingerprint density at radius 1 is 0.808 bits per heavy atom. The van der Waals surface area contributed by atoms with Gasteiger partial charge in [-0.25, -0.2) is 4.90 Å². The molecule has 26 heavy (non-hydrogen) atoms. The van der Waals surface area contributed by atoms with Crippen LogP contribution in [0.3, 0.4) is 0 Å². The quantitative estimate of drug-likeness (QED) is 0.769. The molecule has 1 atom stereocenters. The molecule has 6 nitrogen and oxygen atoms in total. The first-order valence-electron chi connectivity index (χ1n) is 9.78. The number of hydrogen-bond donors (Lipinski definition) is 0. The van der Waals surface area contributed by atoms with E-state index in [2.05, 4.69) is 21.7 Å². The van der Waals surface area contributed by atoms with Crippen molar-refractivity contribution < 1.29 is 9.59 Å². The lowest BCUT2D eigenvalue weighted by Crippen LogP contribution is -2.51. The first-order valence-corrected chi connectivity index (χ1v) is 9.78. The zero-order valence-electron chi connectivity index (χ0n) is 15.6. The van der Waals surface area contributed by atoms with Gasteiger partial charge in [0.15, 0.2) is 0 Å². The van der Waals surface area contributed by atoms with Crippen LogP contribution in [0.5, 0.6) is 0 Å². The zero-order chi connectivity index (χ0) is 18.1. The molecule has 1 aromatic rings. The minimum atomic E-state index is -0.294. The Morgan fingerprint density at radius 3 is 2.08 bits per heavy atom. The van der Waals surface area contributed by atoms with Crippen LogP contribution in [0.1, 0.15) is 25.7 Å². The Hall–Kier alpha value is -1.92. The minimum absolute atomic E-state index is 0.0646. The van der Waals surface area contributed by atoms with Crippen LogP contribution >= 0.6 is 0 Å². The van der Waals surface area contributed by atoms with Crippen LogP contribution in [0.4, 0.5) is 11.4 Å². The Balaban J connectivity index is 1.46. The van der Waals surface area contributed by atoms with Gasteiger partial charge in [0.25, 0.3) is 5.91 Å². The minimum Gasteiger partial charge on any atom is -0.372 e. The molecule has 0 aromatic heterocycles. The molecule has 140 valence electrons. The zero-order valence-corrected chi connectivity index (χ0v) is 15.6.